The lowest BCUT2D eigenvalue weighted by Gasteiger charge is -2.18. The Morgan fingerprint density at radius 3 is 1.00 bits per heavy atom. The molecule has 352 valence electrons. The van der Waals surface area contributed by atoms with Crippen LogP contribution in [0.1, 0.15) is 252 Å². The first-order valence-corrected chi connectivity index (χ1v) is 25.8. The van der Waals surface area contributed by atoms with Crippen molar-refractivity contribution in [1.82, 2.24) is 0 Å². The fourth-order valence-electron chi connectivity index (χ4n) is 7.17. The number of unbranched alkanes of at least 4 members (excludes halogenated alkanes) is 25. The highest BCUT2D eigenvalue weighted by atomic mass is 16.6. The molecule has 0 spiro atoms. The predicted octanol–water partition coefficient (Wildman–Crippen LogP) is 16.9. The van der Waals surface area contributed by atoms with Crippen LogP contribution in [0, 0.1) is 0 Å². The Balaban J connectivity index is 4.34. The van der Waals surface area contributed by atoms with E-state index in [2.05, 4.69) is 81.5 Å². The van der Waals surface area contributed by atoms with Gasteiger partial charge < -0.3 is 14.2 Å². The zero-order chi connectivity index (χ0) is 44.4. The molecule has 0 aliphatic rings. The van der Waals surface area contributed by atoms with Gasteiger partial charge >= 0.3 is 17.9 Å². The SMILES string of the molecule is CC/C=C\C/C=C\C/C=C\C/C=C\C/C=C\CCCCCC(=O)OCC(COC(=O)CCCCCCCCCC)OC(=O)CCCCCCCCCCCCCCCCCC. The zero-order valence-electron chi connectivity index (χ0n) is 40.2. The maximum absolute atomic E-state index is 12.8. The van der Waals surface area contributed by atoms with Crippen LogP contribution in [0.2, 0.25) is 0 Å². The molecule has 0 bridgehead atoms. The summed E-state index contributed by atoms with van der Waals surface area (Å²) in [6, 6.07) is 0. The van der Waals surface area contributed by atoms with E-state index < -0.39 is 6.10 Å². The molecule has 0 amide bonds. The highest BCUT2D eigenvalue weighted by molar-refractivity contribution is 5.71. The summed E-state index contributed by atoms with van der Waals surface area (Å²) in [5.74, 6) is -0.914. The second kappa shape index (κ2) is 49.8. The molecular weight excluding hydrogens is 757 g/mol. The van der Waals surface area contributed by atoms with Gasteiger partial charge in [0.1, 0.15) is 13.2 Å². The van der Waals surface area contributed by atoms with Crippen molar-refractivity contribution in [3.8, 4) is 0 Å². The molecule has 1 atom stereocenters. The van der Waals surface area contributed by atoms with E-state index in [-0.39, 0.29) is 31.1 Å². The van der Waals surface area contributed by atoms with Crippen molar-refractivity contribution in [3.63, 3.8) is 0 Å². The molecule has 1 unspecified atom stereocenters. The third-order valence-electron chi connectivity index (χ3n) is 11.0. The summed E-state index contributed by atoms with van der Waals surface area (Å²) >= 11 is 0. The van der Waals surface area contributed by atoms with Crippen molar-refractivity contribution in [2.24, 2.45) is 0 Å². The van der Waals surface area contributed by atoms with Crippen LogP contribution in [0.15, 0.2) is 60.8 Å². The molecule has 0 aliphatic heterocycles. The standard InChI is InChI=1S/C55H96O6/c1-4-7-10-13-16-19-21-23-25-27-28-29-31-32-34-36-39-42-45-48-54(57)60-51-52(50-59-53(56)47-44-41-38-18-15-12-9-6-3)61-55(58)49-46-43-40-37-35-33-30-26-24-22-20-17-14-11-8-5-2/h7,10,16,19,23,25,28-29,32,34,52H,4-6,8-9,11-15,17-18,20-22,24,26-27,30-31,33,35-51H2,1-3H3/b10-7-,19-16-,25-23-,29-28-,34-32-. The predicted molar refractivity (Wildman–Crippen MR) is 261 cm³/mol. The summed E-state index contributed by atoms with van der Waals surface area (Å²) in [6.45, 7) is 6.48. The van der Waals surface area contributed by atoms with Crippen molar-refractivity contribution < 1.29 is 28.6 Å². The van der Waals surface area contributed by atoms with Crippen LogP contribution >= 0.6 is 0 Å². The van der Waals surface area contributed by atoms with Gasteiger partial charge in [-0.05, 0) is 64.2 Å². The minimum Gasteiger partial charge on any atom is -0.462 e. The molecule has 6 nitrogen and oxygen atoms in total. The largest absolute Gasteiger partial charge is 0.462 e. The molecule has 0 aliphatic carbocycles. The van der Waals surface area contributed by atoms with E-state index in [4.69, 9.17) is 14.2 Å². The van der Waals surface area contributed by atoms with Gasteiger partial charge in [-0.1, -0.05) is 229 Å². The Morgan fingerprint density at radius 1 is 0.344 bits per heavy atom. The topological polar surface area (TPSA) is 78.9 Å². The first-order valence-electron chi connectivity index (χ1n) is 25.8. The Hall–Kier alpha value is -2.89. The Bertz CT molecular complexity index is 1120. The van der Waals surface area contributed by atoms with E-state index in [9.17, 15) is 14.4 Å². The third-order valence-corrected chi connectivity index (χ3v) is 11.0. The molecule has 0 saturated carbocycles. The summed E-state index contributed by atoms with van der Waals surface area (Å²) in [6.07, 6.45) is 60.7. The number of ether oxygens (including phenoxy) is 3. The number of hydrogen-bond donors (Lipinski definition) is 0. The molecule has 0 aromatic heterocycles. The van der Waals surface area contributed by atoms with Gasteiger partial charge in [-0.25, -0.2) is 0 Å². The van der Waals surface area contributed by atoms with Gasteiger partial charge in [-0.15, -0.1) is 0 Å². The Labute approximate surface area is 377 Å². The molecule has 6 heteroatoms. The maximum atomic E-state index is 12.8. The van der Waals surface area contributed by atoms with Crippen LogP contribution in [0.4, 0.5) is 0 Å². The molecule has 61 heavy (non-hydrogen) atoms. The average molecular weight is 853 g/mol. The molecule has 0 rings (SSSR count). The number of hydrogen-bond acceptors (Lipinski definition) is 6. The molecular formula is C55H96O6. The van der Waals surface area contributed by atoms with Crippen LogP contribution in [-0.2, 0) is 28.6 Å². The average Bonchev–Trinajstić information content (AvgIpc) is 3.26. The summed E-state index contributed by atoms with van der Waals surface area (Å²) in [5.41, 5.74) is 0. The van der Waals surface area contributed by atoms with Crippen LogP contribution in [0.3, 0.4) is 0 Å². The highest BCUT2D eigenvalue weighted by Crippen LogP contribution is 2.15. The van der Waals surface area contributed by atoms with Crippen LogP contribution in [0.5, 0.6) is 0 Å². The molecule has 0 aromatic carbocycles. The van der Waals surface area contributed by atoms with E-state index in [1.54, 1.807) is 0 Å². The quantitative estimate of drug-likeness (QED) is 0.0263. The number of esters is 3. The van der Waals surface area contributed by atoms with Crippen molar-refractivity contribution in [2.75, 3.05) is 13.2 Å². The second-order valence-electron chi connectivity index (χ2n) is 17.1. The lowest BCUT2D eigenvalue weighted by atomic mass is 10.0. The Kier molecular flexibility index (Phi) is 47.4. The first-order chi connectivity index (χ1) is 30.0. The van der Waals surface area contributed by atoms with Gasteiger partial charge in [0, 0.05) is 19.3 Å². The minimum absolute atomic E-state index is 0.0823. The molecule has 0 radical (unpaired) electrons. The first kappa shape index (κ1) is 58.1. The van der Waals surface area contributed by atoms with E-state index in [1.807, 2.05) is 0 Å². The summed E-state index contributed by atoms with van der Waals surface area (Å²) < 4.78 is 16.7. The van der Waals surface area contributed by atoms with Crippen LogP contribution < -0.4 is 0 Å². The Morgan fingerprint density at radius 2 is 0.639 bits per heavy atom. The maximum Gasteiger partial charge on any atom is 0.306 e. The monoisotopic (exact) mass is 853 g/mol. The summed E-state index contributed by atoms with van der Waals surface area (Å²) in [4.78, 5) is 37.8. The highest BCUT2D eigenvalue weighted by Gasteiger charge is 2.19. The lowest BCUT2D eigenvalue weighted by Crippen LogP contribution is -2.30. The van der Waals surface area contributed by atoms with Crippen LogP contribution in [-0.4, -0.2) is 37.2 Å². The van der Waals surface area contributed by atoms with Crippen molar-refractivity contribution >= 4 is 17.9 Å². The second-order valence-corrected chi connectivity index (χ2v) is 17.1. The van der Waals surface area contributed by atoms with Crippen molar-refractivity contribution in [1.29, 1.82) is 0 Å². The summed E-state index contributed by atoms with van der Waals surface area (Å²) in [5, 5.41) is 0. The smallest absolute Gasteiger partial charge is 0.306 e. The van der Waals surface area contributed by atoms with E-state index >= 15 is 0 Å². The molecule has 0 fully saturated rings. The van der Waals surface area contributed by atoms with Crippen molar-refractivity contribution in [2.45, 2.75) is 258 Å². The third kappa shape index (κ3) is 48.0. The normalized spacial score (nSPS) is 12.5. The van der Waals surface area contributed by atoms with Gasteiger partial charge in [-0.2, -0.15) is 0 Å². The molecule has 0 saturated heterocycles. The van der Waals surface area contributed by atoms with Gasteiger partial charge in [0.05, 0.1) is 0 Å². The van der Waals surface area contributed by atoms with Gasteiger partial charge in [0.2, 0.25) is 0 Å². The minimum atomic E-state index is -0.782. The van der Waals surface area contributed by atoms with Gasteiger partial charge in [0.15, 0.2) is 6.10 Å². The molecule has 0 heterocycles. The number of carbonyl (C=O) groups is 3. The van der Waals surface area contributed by atoms with E-state index in [0.29, 0.717) is 19.3 Å². The summed E-state index contributed by atoms with van der Waals surface area (Å²) in [7, 11) is 0. The van der Waals surface area contributed by atoms with E-state index in [1.165, 1.54) is 116 Å². The van der Waals surface area contributed by atoms with Crippen molar-refractivity contribution in [3.05, 3.63) is 60.8 Å². The molecule has 0 N–H and O–H groups in total. The van der Waals surface area contributed by atoms with Gasteiger partial charge in [-0.3, -0.25) is 14.4 Å². The number of carbonyl (C=O) groups excluding carboxylic acids is 3. The zero-order valence-corrected chi connectivity index (χ0v) is 40.2. The van der Waals surface area contributed by atoms with Crippen LogP contribution in [0.25, 0.3) is 0 Å². The fourth-order valence-corrected chi connectivity index (χ4v) is 7.17. The van der Waals surface area contributed by atoms with E-state index in [0.717, 1.165) is 96.3 Å². The number of allylic oxidation sites excluding steroid dienone is 10. The molecule has 0 aromatic rings. The lowest BCUT2D eigenvalue weighted by molar-refractivity contribution is -0.167. The van der Waals surface area contributed by atoms with Gasteiger partial charge in [0.25, 0.3) is 0 Å². The fraction of sp³-hybridized carbons (Fsp3) is 0.764. The number of rotatable bonds is 46.